The van der Waals surface area contributed by atoms with Gasteiger partial charge in [-0.2, -0.15) is 0 Å². The van der Waals surface area contributed by atoms with Crippen molar-refractivity contribution in [3.05, 3.63) is 39.5 Å². The summed E-state index contributed by atoms with van der Waals surface area (Å²) in [4.78, 5) is 32.0. The van der Waals surface area contributed by atoms with Crippen LogP contribution in [0, 0.1) is 0 Å². The predicted molar refractivity (Wildman–Crippen MR) is 115 cm³/mol. The summed E-state index contributed by atoms with van der Waals surface area (Å²) in [7, 11) is 0. The van der Waals surface area contributed by atoms with E-state index in [1.54, 1.807) is 18.2 Å². The first-order valence-electron chi connectivity index (χ1n) is 10.1. The van der Waals surface area contributed by atoms with Gasteiger partial charge in [0.25, 0.3) is 11.8 Å². The van der Waals surface area contributed by atoms with Gasteiger partial charge in [0, 0.05) is 49.9 Å². The monoisotopic (exact) mass is 439 g/mol. The van der Waals surface area contributed by atoms with Crippen LogP contribution in [0.25, 0.3) is 5.57 Å². The molecular weight excluding hydrogens is 413 g/mol. The lowest BCUT2D eigenvalue weighted by Gasteiger charge is -2.36. The fraction of sp³-hybridized carbons (Fsp3) is 0.524. The largest absolute Gasteiger partial charge is 0.395 e. The molecule has 1 saturated heterocycles. The number of nitrogens with zero attached hydrogens (tertiary/aromatic N) is 3. The first-order valence-corrected chi connectivity index (χ1v) is 10.9. The lowest BCUT2D eigenvalue weighted by atomic mass is 10.0. The highest BCUT2D eigenvalue weighted by Crippen LogP contribution is 2.36. The fourth-order valence-electron chi connectivity index (χ4n) is 3.85. The lowest BCUT2D eigenvalue weighted by molar-refractivity contribution is -0.137. The Bertz CT molecular complexity index is 804. The molecule has 0 atom stereocenters. The molecule has 29 heavy (non-hydrogen) atoms. The van der Waals surface area contributed by atoms with Gasteiger partial charge < -0.3 is 10.0 Å². The van der Waals surface area contributed by atoms with Gasteiger partial charge in [-0.1, -0.05) is 49.0 Å². The van der Waals surface area contributed by atoms with Crippen molar-refractivity contribution >= 4 is 40.6 Å². The molecule has 2 heterocycles. The van der Waals surface area contributed by atoms with Crippen LogP contribution < -0.4 is 0 Å². The number of carbonyl (C=O) groups excluding carboxylic acids is 2. The number of halogens is 2. The van der Waals surface area contributed by atoms with Crippen molar-refractivity contribution in [3.8, 4) is 0 Å². The van der Waals surface area contributed by atoms with E-state index in [1.165, 1.54) is 4.90 Å². The minimum Gasteiger partial charge on any atom is -0.395 e. The minimum atomic E-state index is -0.289. The molecule has 0 aromatic heterocycles. The number of rotatable bonds is 8. The molecule has 2 aliphatic rings. The Balaban J connectivity index is 1.94. The molecule has 1 aromatic rings. The highest BCUT2D eigenvalue weighted by molar-refractivity contribution is 6.41. The highest BCUT2D eigenvalue weighted by Gasteiger charge is 2.42. The van der Waals surface area contributed by atoms with Crippen molar-refractivity contribution in [2.45, 2.75) is 26.2 Å². The Hall–Kier alpha value is -1.60. The number of hydrogen-bond donors (Lipinski definition) is 1. The Morgan fingerprint density at radius 1 is 1.00 bits per heavy atom. The van der Waals surface area contributed by atoms with Crippen LogP contribution in [-0.2, 0) is 9.59 Å². The number of β-amino-alcohol motifs (C(OH)–C–C–N with tert-alkyl or cyclic N) is 1. The van der Waals surface area contributed by atoms with E-state index < -0.39 is 0 Å². The van der Waals surface area contributed by atoms with Gasteiger partial charge in [0.15, 0.2) is 0 Å². The molecule has 1 fully saturated rings. The summed E-state index contributed by atoms with van der Waals surface area (Å²) in [6.45, 7) is 5.90. The van der Waals surface area contributed by atoms with E-state index in [-0.39, 0.29) is 18.4 Å². The molecule has 0 spiro atoms. The molecule has 1 N–H and O–H groups in total. The van der Waals surface area contributed by atoms with E-state index in [0.717, 1.165) is 32.4 Å². The third-order valence-corrected chi connectivity index (χ3v) is 5.98. The van der Waals surface area contributed by atoms with E-state index in [4.69, 9.17) is 28.3 Å². The van der Waals surface area contributed by atoms with Crippen LogP contribution in [0.15, 0.2) is 23.9 Å². The van der Waals surface area contributed by atoms with Crippen molar-refractivity contribution in [2.75, 3.05) is 45.9 Å². The molecule has 0 bridgehead atoms. The second kappa shape index (κ2) is 9.94. The van der Waals surface area contributed by atoms with E-state index >= 15 is 0 Å². The van der Waals surface area contributed by atoms with Crippen molar-refractivity contribution in [1.29, 1.82) is 0 Å². The molecule has 2 aliphatic heterocycles. The van der Waals surface area contributed by atoms with Crippen molar-refractivity contribution < 1.29 is 14.7 Å². The quantitative estimate of drug-likeness (QED) is 0.498. The first-order chi connectivity index (χ1) is 14.0. The number of imide groups is 1. The number of amides is 2. The van der Waals surface area contributed by atoms with Crippen LogP contribution in [0.3, 0.4) is 0 Å². The molecule has 6 nitrogen and oxygen atoms in total. The molecule has 0 radical (unpaired) electrons. The van der Waals surface area contributed by atoms with Gasteiger partial charge in [0.05, 0.1) is 17.2 Å². The van der Waals surface area contributed by atoms with Crippen molar-refractivity contribution in [3.63, 3.8) is 0 Å². The maximum atomic E-state index is 13.3. The van der Waals surface area contributed by atoms with Gasteiger partial charge in [-0.25, -0.2) is 0 Å². The molecule has 8 heteroatoms. The van der Waals surface area contributed by atoms with Crippen molar-refractivity contribution in [2.24, 2.45) is 0 Å². The zero-order valence-electron chi connectivity index (χ0n) is 16.7. The second-order valence-electron chi connectivity index (χ2n) is 7.37. The fourth-order valence-corrected chi connectivity index (χ4v) is 4.35. The number of carbonyl (C=O) groups is 2. The predicted octanol–water partition coefficient (Wildman–Crippen LogP) is 2.87. The average molecular weight is 440 g/mol. The minimum absolute atomic E-state index is 0.108. The Kier molecular flexibility index (Phi) is 7.57. The molecular formula is C21H27Cl2N3O3. The third kappa shape index (κ3) is 4.77. The van der Waals surface area contributed by atoms with Gasteiger partial charge in [0.2, 0.25) is 0 Å². The molecule has 1 aromatic carbocycles. The summed E-state index contributed by atoms with van der Waals surface area (Å²) in [5.74, 6) is -0.536. The summed E-state index contributed by atoms with van der Waals surface area (Å²) in [5, 5.41) is 10.0. The zero-order chi connectivity index (χ0) is 21.0. The summed E-state index contributed by atoms with van der Waals surface area (Å²) in [5.41, 5.74) is 1.34. The number of aliphatic hydroxyl groups is 1. The van der Waals surface area contributed by atoms with Crippen LogP contribution in [0.4, 0.5) is 0 Å². The van der Waals surface area contributed by atoms with Gasteiger partial charge in [-0.05, 0) is 18.6 Å². The SMILES string of the molecule is CCCCCN1C(=O)C(c2ccc(Cl)cc2Cl)=C(N2CCN(CCO)CC2)C1=O. The smallest absolute Gasteiger partial charge is 0.277 e. The maximum Gasteiger partial charge on any atom is 0.277 e. The molecule has 0 unspecified atom stereocenters. The van der Waals surface area contributed by atoms with E-state index in [9.17, 15) is 9.59 Å². The Morgan fingerprint density at radius 2 is 1.72 bits per heavy atom. The Morgan fingerprint density at radius 3 is 2.34 bits per heavy atom. The van der Waals surface area contributed by atoms with Gasteiger partial charge >= 0.3 is 0 Å². The zero-order valence-corrected chi connectivity index (χ0v) is 18.2. The van der Waals surface area contributed by atoms with Crippen LogP contribution in [0.5, 0.6) is 0 Å². The molecule has 158 valence electrons. The highest BCUT2D eigenvalue weighted by atomic mass is 35.5. The van der Waals surface area contributed by atoms with E-state index in [1.807, 2.05) is 4.90 Å². The third-order valence-electron chi connectivity index (χ3n) is 5.43. The maximum absolute atomic E-state index is 13.3. The molecule has 2 amide bonds. The summed E-state index contributed by atoms with van der Waals surface area (Å²) in [6.07, 6.45) is 2.76. The van der Waals surface area contributed by atoms with Crippen LogP contribution in [0.2, 0.25) is 10.0 Å². The number of piperazine rings is 1. The molecule has 3 rings (SSSR count). The van der Waals surface area contributed by atoms with E-state index in [0.29, 0.717) is 53.1 Å². The van der Waals surface area contributed by atoms with Crippen molar-refractivity contribution in [1.82, 2.24) is 14.7 Å². The lowest BCUT2D eigenvalue weighted by Crippen LogP contribution is -2.48. The molecule has 0 aliphatic carbocycles. The summed E-state index contributed by atoms with van der Waals surface area (Å²) < 4.78 is 0. The van der Waals surface area contributed by atoms with Gasteiger partial charge in [-0.3, -0.25) is 19.4 Å². The molecule has 0 saturated carbocycles. The van der Waals surface area contributed by atoms with Gasteiger partial charge in [0.1, 0.15) is 5.70 Å². The average Bonchev–Trinajstić information content (AvgIpc) is 2.94. The second-order valence-corrected chi connectivity index (χ2v) is 8.21. The number of benzene rings is 1. The summed E-state index contributed by atoms with van der Waals surface area (Å²) in [6, 6.07) is 4.99. The van der Waals surface area contributed by atoms with Crippen LogP contribution >= 0.6 is 23.2 Å². The summed E-state index contributed by atoms with van der Waals surface area (Å²) >= 11 is 12.4. The first kappa shape index (κ1) is 22.1. The van der Waals surface area contributed by atoms with E-state index in [2.05, 4.69) is 11.8 Å². The topological polar surface area (TPSA) is 64.1 Å². The number of unbranched alkanes of at least 4 members (excludes halogenated alkanes) is 2. The normalized spacial score (nSPS) is 18.3. The number of hydrogen-bond acceptors (Lipinski definition) is 5. The number of aliphatic hydroxyl groups excluding tert-OH is 1. The standard InChI is InChI=1S/C21H27Cl2N3O3/c1-2-3-4-7-26-20(28)18(16-6-5-15(22)14-17(16)23)19(21(26)29)25-10-8-24(9-11-25)12-13-27/h5-6,14,27H,2-4,7-13H2,1H3. The van der Waals surface area contributed by atoms with Gasteiger partial charge in [-0.15, -0.1) is 0 Å². The Labute approximate surface area is 181 Å². The van der Waals surface area contributed by atoms with Crippen LogP contribution in [-0.4, -0.2) is 77.5 Å². The van der Waals surface area contributed by atoms with Crippen LogP contribution in [0.1, 0.15) is 31.7 Å².